The SMILES string of the molecule is COC(=O)C[C@@H](c1ccc(-c2ccc(C(=O)OC)cc2)o1)c1c(O)cc(C)n(CCc2cnc[nH]2)c1=O. The third-order valence-electron chi connectivity index (χ3n) is 6.19. The van der Waals surface area contributed by atoms with Crippen LogP contribution in [-0.2, 0) is 27.2 Å². The second kappa shape index (κ2) is 11.0. The first-order chi connectivity index (χ1) is 17.8. The van der Waals surface area contributed by atoms with E-state index in [2.05, 4.69) is 9.97 Å². The van der Waals surface area contributed by atoms with Gasteiger partial charge in [-0.3, -0.25) is 9.59 Å². The number of nitrogens with zero attached hydrogens (tertiary/aromatic N) is 2. The molecule has 3 aromatic heterocycles. The van der Waals surface area contributed by atoms with Crippen LogP contribution in [0.3, 0.4) is 0 Å². The molecular weight excluding hydrogens is 478 g/mol. The minimum Gasteiger partial charge on any atom is -0.507 e. The molecule has 0 fully saturated rings. The molecule has 37 heavy (non-hydrogen) atoms. The standard InChI is InChI=1S/C27H27N3O7/c1-16-12-21(31)25(26(33)30(16)11-10-19-14-28-15-29-19)20(13-24(32)35-2)23-9-8-22(37-23)17-4-6-18(7-5-17)27(34)36-3/h4-9,12,14-15,20,31H,10-11,13H2,1-3H3,(H,28,29)/t20-/m0/s1. The summed E-state index contributed by atoms with van der Waals surface area (Å²) in [5.74, 6) is -1.35. The number of esters is 2. The number of methoxy groups -OCH3 is 2. The molecule has 2 N–H and O–H groups in total. The fourth-order valence-electron chi connectivity index (χ4n) is 4.21. The lowest BCUT2D eigenvalue weighted by Gasteiger charge is -2.18. The van der Waals surface area contributed by atoms with Gasteiger partial charge >= 0.3 is 11.9 Å². The van der Waals surface area contributed by atoms with Crippen LogP contribution in [0.15, 0.2) is 64.2 Å². The van der Waals surface area contributed by atoms with Crippen molar-refractivity contribution in [3.8, 4) is 17.1 Å². The molecule has 0 aliphatic carbocycles. The Balaban J connectivity index is 1.72. The quantitative estimate of drug-likeness (QED) is 0.330. The Hall–Kier alpha value is -4.60. The van der Waals surface area contributed by atoms with Crippen molar-refractivity contribution >= 4 is 11.9 Å². The molecule has 0 spiro atoms. The summed E-state index contributed by atoms with van der Waals surface area (Å²) in [7, 11) is 2.57. The van der Waals surface area contributed by atoms with Gasteiger partial charge in [0.05, 0.1) is 44.0 Å². The van der Waals surface area contributed by atoms with Crippen LogP contribution in [-0.4, -0.2) is 45.8 Å². The second-order valence-electron chi connectivity index (χ2n) is 8.47. The van der Waals surface area contributed by atoms with E-state index in [0.29, 0.717) is 41.3 Å². The van der Waals surface area contributed by atoms with Crippen molar-refractivity contribution in [1.29, 1.82) is 0 Å². The zero-order chi connectivity index (χ0) is 26.5. The highest BCUT2D eigenvalue weighted by molar-refractivity contribution is 5.89. The van der Waals surface area contributed by atoms with E-state index in [1.807, 2.05) is 0 Å². The number of H-pyrrole nitrogens is 1. The number of carbonyl (C=O) groups is 2. The van der Waals surface area contributed by atoms with E-state index >= 15 is 0 Å². The molecule has 4 aromatic rings. The van der Waals surface area contributed by atoms with Crippen molar-refractivity contribution in [2.24, 2.45) is 0 Å². The normalized spacial score (nSPS) is 11.8. The van der Waals surface area contributed by atoms with E-state index in [0.717, 1.165) is 5.69 Å². The number of aromatic amines is 1. The molecule has 192 valence electrons. The van der Waals surface area contributed by atoms with Gasteiger partial charge in [-0.15, -0.1) is 0 Å². The smallest absolute Gasteiger partial charge is 0.337 e. The number of hydrogen-bond donors (Lipinski definition) is 2. The van der Waals surface area contributed by atoms with Crippen molar-refractivity contribution in [2.75, 3.05) is 14.2 Å². The number of benzene rings is 1. The summed E-state index contributed by atoms with van der Waals surface area (Å²) in [6.07, 6.45) is 3.57. The highest BCUT2D eigenvalue weighted by atomic mass is 16.5. The highest BCUT2D eigenvalue weighted by Gasteiger charge is 2.29. The molecule has 10 nitrogen and oxygen atoms in total. The predicted molar refractivity (Wildman–Crippen MR) is 133 cm³/mol. The van der Waals surface area contributed by atoms with Gasteiger partial charge in [-0.05, 0) is 37.3 Å². The summed E-state index contributed by atoms with van der Waals surface area (Å²) in [6.45, 7) is 2.08. The van der Waals surface area contributed by atoms with E-state index in [9.17, 15) is 19.5 Å². The number of ether oxygens (including phenoxy) is 2. The van der Waals surface area contributed by atoms with Crippen LogP contribution in [0.5, 0.6) is 5.75 Å². The first-order valence-electron chi connectivity index (χ1n) is 11.6. The van der Waals surface area contributed by atoms with E-state index < -0.39 is 23.4 Å². The molecule has 0 aliphatic rings. The largest absolute Gasteiger partial charge is 0.507 e. The predicted octanol–water partition coefficient (Wildman–Crippen LogP) is 3.57. The lowest BCUT2D eigenvalue weighted by molar-refractivity contribution is -0.140. The van der Waals surface area contributed by atoms with Crippen LogP contribution in [0.2, 0.25) is 0 Å². The fraction of sp³-hybridized carbons (Fsp3) is 0.259. The molecule has 0 saturated heterocycles. The lowest BCUT2D eigenvalue weighted by Crippen LogP contribution is -2.29. The number of hydrogen-bond acceptors (Lipinski definition) is 8. The number of pyridine rings is 1. The zero-order valence-corrected chi connectivity index (χ0v) is 20.7. The maximum absolute atomic E-state index is 13.6. The van der Waals surface area contributed by atoms with Crippen LogP contribution in [0.1, 0.15) is 45.4 Å². The van der Waals surface area contributed by atoms with Crippen LogP contribution >= 0.6 is 0 Å². The molecule has 4 rings (SSSR count). The Bertz CT molecular complexity index is 1450. The summed E-state index contributed by atoms with van der Waals surface area (Å²) in [5, 5.41) is 10.8. The van der Waals surface area contributed by atoms with Gasteiger partial charge in [0.2, 0.25) is 0 Å². The molecule has 1 atom stereocenters. The monoisotopic (exact) mass is 505 g/mol. The van der Waals surface area contributed by atoms with Crippen molar-refractivity contribution in [2.45, 2.75) is 32.2 Å². The number of rotatable bonds is 9. The van der Waals surface area contributed by atoms with E-state index in [-0.39, 0.29) is 17.7 Å². The minimum absolute atomic E-state index is 0.0440. The van der Waals surface area contributed by atoms with Crippen molar-refractivity contribution in [1.82, 2.24) is 14.5 Å². The third kappa shape index (κ3) is 5.48. The molecular formula is C27H27N3O7. The number of aryl methyl sites for hydroxylation is 2. The van der Waals surface area contributed by atoms with Crippen LogP contribution in [0, 0.1) is 6.92 Å². The van der Waals surface area contributed by atoms with Crippen LogP contribution in [0.25, 0.3) is 11.3 Å². The summed E-state index contributed by atoms with van der Waals surface area (Å²) in [4.78, 5) is 44.6. The van der Waals surface area contributed by atoms with E-state index in [4.69, 9.17) is 13.9 Å². The number of aromatic nitrogens is 3. The molecule has 1 aromatic carbocycles. The fourth-order valence-corrected chi connectivity index (χ4v) is 4.21. The van der Waals surface area contributed by atoms with Gasteiger partial charge in [-0.1, -0.05) is 12.1 Å². The molecule has 0 radical (unpaired) electrons. The minimum atomic E-state index is -0.887. The Labute approximate surface area is 212 Å². The average Bonchev–Trinajstić information content (AvgIpc) is 3.60. The topological polar surface area (TPSA) is 137 Å². The van der Waals surface area contributed by atoms with Gasteiger partial charge in [0.25, 0.3) is 5.56 Å². The summed E-state index contributed by atoms with van der Waals surface area (Å²) < 4.78 is 17.2. The zero-order valence-electron chi connectivity index (χ0n) is 20.7. The number of carbonyl (C=O) groups excluding carboxylic acids is 2. The number of furan rings is 1. The maximum atomic E-state index is 13.6. The Morgan fingerprint density at radius 2 is 1.89 bits per heavy atom. The van der Waals surface area contributed by atoms with E-state index in [1.54, 1.807) is 60.4 Å². The van der Waals surface area contributed by atoms with Crippen molar-refractivity contribution < 1.29 is 28.6 Å². The van der Waals surface area contributed by atoms with Gasteiger partial charge in [0.1, 0.15) is 17.3 Å². The van der Waals surface area contributed by atoms with Crippen LogP contribution < -0.4 is 5.56 Å². The van der Waals surface area contributed by atoms with Gasteiger partial charge in [0.15, 0.2) is 0 Å². The first kappa shape index (κ1) is 25.5. The van der Waals surface area contributed by atoms with Crippen LogP contribution in [0.4, 0.5) is 0 Å². The maximum Gasteiger partial charge on any atom is 0.337 e. The molecule has 0 amide bonds. The number of nitrogens with one attached hydrogen (secondary N) is 1. The Morgan fingerprint density at radius 1 is 1.14 bits per heavy atom. The summed E-state index contributed by atoms with van der Waals surface area (Å²) in [5.41, 5.74) is 2.13. The molecule has 0 aliphatic heterocycles. The number of aromatic hydroxyl groups is 1. The highest BCUT2D eigenvalue weighted by Crippen LogP contribution is 2.35. The van der Waals surface area contributed by atoms with E-state index in [1.165, 1.54) is 20.3 Å². The van der Waals surface area contributed by atoms with Gasteiger partial charge in [0, 0.05) is 36.1 Å². The lowest BCUT2D eigenvalue weighted by atomic mass is 9.93. The average molecular weight is 506 g/mol. The van der Waals surface area contributed by atoms with Crippen molar-refractivity contribution in [3.63, 3.8) is 0 Å². The second-order valence-corrected chi connectivity index (χ2v) is 8.47. The first-order valence-corrected chi connectivity index (χ1v) is 11.6. The van der Waals surface area contributed by atoms with Gasteiger partial charge in [-0.2, -0.15) is 0 Å². The van der Waals surface area contributed by atoms with Gasteiger partial charge in [-0.25, -0.2) is 9.78 Å². The van der Waals surface area contributed by atoms with Crippen molar-refractivity contribution in [3.05, 3.63) is 93.6 Å². The Kier molecular flexibility index (Phi) is 7.57. The summed E-state index contributed by atoms with van der Waals surface area (Å²) in [6, 6.07) is 11.5. The molecule has 0 saturated carbocycles. The number of imidazole rings is 1. The molecule has 3 heterocycles. The molecule has 0 bridgehead atoms. The third-order valence-corrected chi connectivity index (χ3v) is 6.19. The summed E-state index contributed by atoms with van der Waals surface area (Å²) >= 11 is 0. The molecule has 0 unspecified atom stereocenters. The Morgan fingerprint density at radius 3 is 2.54 bits per heavy atom. The van der Waals surface area contributed by atoms with Gasteiger partial charge < -0.3 is 28.5 Å². The molecule has 10 heteroatoms.